The van der Waals surface area contributed by atoms with Gasteiger partial charge < -0.3 is 9.55 Å². The van der Waals surface area contributed by atoms with Crippen LogP contribution in [0.2, 0.25) is 5.02 Å². The second kappa shape index (κ2) is 8.28. The summed E-state index contributed by atoms with van der Waals surface area (Å²) < 4.78 is 3.39. The Bertz CT molecular complexity index is 1600. The highest BCUT2D eigenvalue weighted by Gasteiger charge is 2.28. The van der Waals surface area contributed by atoms with Gasteiger partial charge >= 0.3 is 0 Å². The predicted octanol–water partition coefficient (Wildman–Crippen LogP) is 4.08. The first-order valence-electron chi connectivity index (χ1n) is 11.3. The minimum absolute atomic E-state index is 0.0869. The van der Waals surface area contributed by atoms with E-state index >= 15 is 0 Å². The smallest absolute Gasteiger partial charge is 0.252 e. The molecule has 9 nitrogen and oxygen atoms in total. The number of nitrogens with zero attached hydrogens (tertiary/aromatic N) is 7. The summed E-state index contributed by atoms with van der Waals surface area (Å²) in [5.41, 5.74) is 7.03. The second-order valence-corrected chi connectivity index (χ2v) is 9.17. The molecule has 0 fully saturated rings. The largest absolute Gasteiger partial charge is 0.340 e. The van der Waals surface area contributed by atoms with Crippen molar-refractivity contribution in [3.05, 3.63) is 93.3 Å². The van der Waals surface area contributed by atoms with E-state index in [0.717, 1.165) is 63.8 Å². The molecule has 0 amide bonds. The van der Waals surface area contributed by atoms with Gasteiger partial charge in [-0.2, -0.15) is 4.68 Å². The lowest BCUT2D eigenvalue weighted by atomic mass is 10.0. The summed E-state index contributed by atoms with van der Waals surface area (Å²) in [4.78, 5) is 25.9. The van der Waals surface area contributed by atoms with Crippen molar-refractivity contribution < 1.29 is 0 Å². The van der Waals surface area contributed by atoms with Gasteiger partial charge in [0, 0.05) is 39.3 Å². The van der Waals surface area contributed by atoms with Crippen molar-refractivity contribution in [1.29, 1.82) is 0 Å². The third kappa shape index (κ3) is 3.83. The summed E-state index contributed by atoms with van der Waals surface area (Å²) in [7, 11) is 0. The summed E-state index contributed by atoms with van der Waals surface area (Å²) in [6, 6.07) is 13.0. The molecule has 0 bridgehead atoms. The molecule has 35 heavy (non-hydrogen) atoms. The maximum absolute atomic E-state index is 13.4. The lowest BCUT2D eigenvalue weighted by Gasteiger charge is -2.15. The molecule has 10 heteroatoms. The van der Waals surface area contributed by atoms with E-state index in [-0.39, 0.29) is 11.6 Å². The van der Waals surface area contributed by atoms with Gasteiger partial charge in [0.2, 0.25) is 0 Å². The van der Waals surface area contributed by atoms with E-state index in [2.05, 4.69) is 30.5 Å². The molecule has 5 heterocycles. The van der Waals surface area contributed by atoms with Crippen molar-refractivity contribution in [2.45, 2.75) is 32.7 Å². The number of aromatic nitrogens is 8. The quantitative estimate of drug-likeness (QED) is 0.412. The van der Waals surface area contributed by atoms with E-state index in [1.165, 1.54) is 6.33 Å². The molecule has 0 saturated heterocycles. The van der Waals surface area contributed by atoms with Crippen molar-refractivity contribution in [2.75, 3.05) is 0 Å². The third-order valence-electron chi connectivity index (χ3n) is 6.30. The number of rotatable bonds is 4. The van der Waals surface area contributed by atoms with Gasteiger partial charge in [0.1, 0.15) is 12.2 Å². The van der Waals surface area contributed by atoms with Crippen molar-refractivity contribution in [3.8, 4) is 28.1 Å². The number of halogens is 1. The average molecular weight is 485 g/mol. The molecule has 1 aliphatic rings. The van der Waals surface area contributed by atoms with Crippen LogP contribution in [0, 0.1) is 13.8 Å². The molecule has 0 radical (unpaired) electrons. The topological polar surface area (TPSA) is 107 Å². The Kier molecular flexibility index (Phi) is 5.07. The summed E-state index contributed by atoms with van der Waals surface area (Å²) in [6.07, 6.45) is 4.89. The van der Waals surface area contributed by atoms with Crippen LogP contribution in [0.5, 0.6) is 0 Å². The Hall–Kier alpha value is -4.11. The van der Waals surface area contributed by atoms with Gasteiger partial charge in [-0.1, -0.05) is 11.6 Å². The summed E-state index contributed by atoms with van der Waals surface area (Å²) in [5.74, 6) is 0.776. The number of hydrogen-bond acceptors (Lipinski definition) is 6. The first-order valence-corrected chi connectivity index (χ1v) is 11.6. The van der Waals surface area contributed by atoms with Crippen molar-refractivity contribution in [1.82, 2.24) is 39.7 Å². The lowest BCUT2D eigenvalue weighted by Crippen LogP contribution is -2.23. The van der Waals surface area contributed by atoms with Crippen LogP contribution in [0.3, 0.4) is 0 Å². The van der Waals surface area contributed by atoms with Gasteiger partial charge in [-0.3, -0.25) is 9.78 Å². The Labute approximate surface area is 205 Å². The zero-order valence-corrected chi connectivity index (χ0v) is 19.9. The highest BCUT2D eigenvalue weighted by molar-refractivity contribution is 6.31. The van der Waals surface area contributed by atoms with E-state index in [1.807, 2.05) is 54.9 Å². The highest BCUT2D eigenvalue weighted by atomic mass is 35.5. The van der Waals surface area contributed by atoms with Gasteiger partial charge in [0.25, 0.3) is 5.56 Å². The van der Waals surface area contributed by atoms with Gasteiger partial charge in [-0.05, 0) is 79.1 Å². The summed E-state index contributed by atoms with van der Waals surface area (Å²) >= 11 is 6.30. The van der Waals surface area contributed by atoms with E-state index in [9.17, 15) is 4.79 Å². The Balaban J connectivity index is 1.39. The van der Waals surface area contributed by atoms with Crippen LogP contribution >= 0.6 is 11.6 Å². The summed E-state index contributed by atoms with van der Waals surface area (Å²) in [5, 5.41) is 12.0. The molecule has 1 aliphatic heterocycles. The Morgan fingerprint density at radius 2 is 1.89 bits per heavy atom. The fraction of sp³-hybridized carbons (Fsp3) is 0.200. The van der Waals surface area contributed by atoms with E-state index in [1.54, 1.807) is 16.8 Å². The second-order valence-electron chi connectivity index (χ2n) is 8.73. The van der Waals surface area contributed by atoms with Crippen LogP contribution in [-0.2, 0) is 6.42 Å². The van der Waals surface area contributed by atoms with E-state index < -0.39 is 0 Å². The first kappa shape index (κ1) is 21.4. The van der Waals surface area contributed by atoms with Crippen LogP contribution in [0.1, 0.15) is 35.4 Å². The molecular weight excluding hydrogens is 464 g/mol. The number of benzene rings is 1. The number of imidazole rings is 1. The molecule has 6 rings (SSSR count). The molecule has 1 aromatic carbocycles. The van der Waals surface area contributed by atoms with Gasteiger partial charge in [-0.15, -0.1) is 5.10 Å². The summed E-state index contributed by atoms with van der Waals surface area (Å²) in [6.45, 7) is 3.95. The number of hydrogen-bond donors (Lipinski definition) is 1. The number of tetrazole rings is 1. The van der Waals surface area contributed by atoms with Crippen LogP contribution in [0.15, 0.2) is 59.8 Å². The van der Waals surface area contributed by atoms with Crippen molar-refractivity contribution in [2.24, 2.45) is 0 Å². The zero-order valence-electron chi connectivity index (χ0n) is 19.1. The van der Waals surface area contributed by atoms with E-state index in [4.69, 9.17) is 11.6 Å². The molecule has 4 aromatic heterocycles. The van der Waals surface area contributed by atoms with Crippen LogP contribution in [-0.4, -0.2) is 39.7 Å². The van der Waals surface area contributed by atoms with Crippen molar-refractivity contribution in [3.63, 3.8) is 0 Å². The first-order chi connectivity index (χ1) is 17.0. The predicted molar refractivity (Wildman–Crippen MR) is 132 cm³/mol. The number of nitrogens with one attached hydrogen (secondary N) is 1. The molecule has 0 spiro atoms. The minimum atomic E-state index is -0.150. The molecule has 0 unspecified atom stereocenters. The lowest BCUT2D eigenvalue weighted by molar-refractivity contribution is 0.572. The highest BCUT2D eigenvalue weighted by Crippen LogP contribution is 2.34. The number of aryl methyl sites for hydroxylation is 3. The van der Waals surface area contributed by atoms with Gasteiger partial charge in [-0.25, -0.2) is 4.98 Å². The number of H-pyrrole nitrogens is 1. The molecule has 0 aliphatic carbocycles. The molecule has 1 N–H and O–H groups in total. The molecular formula is C25H21ClN8O. The third-order valence-corrected chi connectivity index (χ3v) is 6.54. The van der Waals surface area contributed by atoms with Gasteiger partial charge in [0.05, 0.1) is 23.6 Å². The molecule has 1 atom stereocenters. The minimum Gasteiger partial charge on any atom is -0.340 e. The molecule has 0 saturated carbocycles. The number of aromatic amines is 1. The normalized spacial score (nSPS) is 14.9. The fourth-order valence-corrected chi connectivity index (χ4v) is 5.04. The van der Waals surface area contributed by atoms with Gasteiger partial charge in [0.15, 0.2) is 0 Å². The fourth-order valence-electron chi connectivity index (χ4n) is 4.86. The molecule has 5 aromatic rings. The number of pyridine rings is 2. The van der Waals surface area contributed by atoms with Crippen LogP contribution in [0.25, 0.3) is 28.1 Å². The maximum Gasteiger partial charge on any atom is 0.252 e. The Morgan fingerprint density at radius 3 is 2.66 bits per heavy atom. The number of fused-ring (bicyclic) bond motifs is 1. The molecule has 174 valence electrons. The van der Waals surface area contributed by atoms with E-state index in [0.29, 0.717) is 5.02 Å². The van der Waals surface area contributed by atoms with Crippen LogP contribution in [0.4, 0.5) is 0 Å². The SMILES string of the molecule is Cc1cc(-c2cnc([C@@H]3CCc4cc(-c5cc(Cl)ccc5-n5cnnn5)cc(=O)n43)[nH]2)cc(C)n1. The van der Waals surface area contributed by atoms with Crippen LogP contribution < -0.4 is 5.56 Å². The van der Waals surface area contributed by atoms with Crippen molar-refractivity contribution >= 4 is 11.6 Å². The monoisotopic (exact) mass is 484 g/mol. The average Bonchev–Trinajstić information content (AvgIpc) is 3.58. The standard InChI is InChI=1S/C25H21ClN8O/c1-14-7-17(8-15(2)29-14)21-12-27-25(30-21)23-6-4-19-9-16(10-24(35)34(19)23)20-11-18(26)3-5-22(20)33-13-28-31-32-33/h3,5,7-13,23H,4,6H2,1-2H3,(H,27,30)/t23-/m0/s1. The zero-order chi connectivity index (χ0) is 24.1. The maximum atomic E-state index is 13.4. The Morgan fingerprint density at radius 1 is 1.06 bits per heavy atom.